The molecule has 0 radical (unpaired) electrons. The third-order valence-electron chi connectivity index (χ3n) is 6.09. The molecule has 1 aromatic heterocycles. The Labute approximate surface area is 191 Å². The second-order valence-electron chi connectivity index (χ2n) is 8.14. The van der Waals surface area contributed by atoms with E-state index >= 15 is 0 Å². The van der Waals surface area contributed by atoms with Gasteiger partial charge in [-0.05, 0) is 62.1 Å². The van der Waals surface area contributed by atoms with Crippen LogP contribution in [-0.4, -0.2) is 29.7 Å². The van der Waals surface area contributed by atoms with Gasteiger partial charge in [0.05, 0.1) is 12.8 Å². The van der Waals surface area contributed by atoms with E-state index in [0.717, 1.165) is 58.9 Å². The van der Waals surface area contributed by atoms with E-state index in [1.54, 1.807) is 18.4 Å². The van der Waals surface area contributed by atoms with Gasteiger partial charge < -0.3 is 16.2 Å². The predicted molar refractivity (Wildman–Crippen MR) is 131 cm³/mol. The second kappa shape index (κ2) is 8.27. The Kier molecular flexibility index (Phi) is 5.30. The summed E-state index contributed by atoms with van der Waals surface area (Å²) in [5.41, 5.74) is 15.9. The third-order valence-corrected chi connectivity index (χ3v) is 6.98. The molecule has 1 aliphatic heterocycles. The highest BCUT2D eigenvalue weighted by atomic mass is 32.1. The molecule has 2 aliphatic rings. The molecule has 0 amide bonds. The van der Waals surface area contributed by atoms with Crippen molar-refractivity contribution in [2.75, 3.05) is 12.0 Å². The smallest absolute Gasteiger partial charge is 0.220 e. The first-order chi connectivity index (χ1) is 15.6. The van der Waals surface area contributed by atoms with Crippen molar-refractivity contribution in [1.82, 2.24) is 4.98 Å². The van der Waals surface area contributed by atoms with Crippen LogP contribution in [0, 0.1) is 0 Å². The van der Waals surface area contributed by atoms with Gasteiger partial charge in [-0.3, -0.25) is 4.90 Å². The monoisotopic (exact) mass is 446 g/mol. The second-order valence-corrected chi connectivity index (χ2v) is 8.99. The van der Waals surface area contributed by atoms with Crippen molar-refractivity contribution in [2.24, 2.45) is 21.5 Å². The minimum atomic E-state index is -0.454. The Balaban J connectivity index is 1.48. The molecular formula is C24H26N6OS. The maximum absolute atomic E-state index is 6.39. The van der Waals surface area contributed by atoms with Crippen molar-refractivity contribution in [3.63, 3.8) is 0 Å². The minimum absolute atomic E-state index is 0.265. The van der Waals surface area contributed by atoms with Crippen molar-refractivity contribution in [3.05, 3.63) is 53.9 Å². The van der Waals surface area contributed by atoms with E-state index in [1.807, 2.05) is 30.3 Å². The Morgan fingerprint density at radius 2 is 1.78 bits per heavy atom. The first-order valence-electron chi connectivity index (χ1n) is 10.8. The zero-order valence-corrected chi connectivity index (χ0v) is 18.8. The molecule has 0 unspecified atom stereocenters. The maximum atomic E-state index is 6.39. The van der Waals surface area contributed by atoms with E-state index < -0.39 is 5.66 Å². The number of anilines is 1. The van der Waals surface area contributed by atoms with Crippen molar-refractivity contribution < 1.29 is 4.74 Å². The summed E-state index contributed by atoms with van der Waals surface area (Å²) >= 11 is 1.62. The largest absolute Gasteiger partial charge is 0.497 e. The summed E-state index contributed by atoms with van der Waals surface area (Å²) in [5, 5.41) is 3.03. The molecule has 1 spiro atoms. The van der Waals surface area contributed by atoms with Crippen LogP contribution >= 0.6 is 11.3 Å². The normalized spacial score (nSPS) is 17.7. The summed E-state index contributed by atoms with van der Waals surface area (Å²) in [6, 6.07) is 16.2. The quantitative estimate of drug-likeness (QED) is 0.610. The highest BCUT2D eigenvalue weighted by Crippen LogP contribution is 2.40. The molecule has 164 valence electrons. The molecular weight excluding hydrogens is 420 g/mol. The van der Waals surface area contributed by atoms with E-state index in [9.17, 15) is 0 Å². The molecule has 2 heterocycles. The lowest BCUT2D eigenvalue weighted by atomic mass is 9.87. The number of hydrogen-bond acceptors (Lipinski definition) is 8. The average Bonchev–Trinajstić information content (AvgIpc) is 3.30. The van der Waals surface area contributed by atoms with Crippen LogP contribution in [0.4, 0.5) is 5.69 Å². The van der Waals surface area contributed by atoms with E-state index in [0.29, 0.717) is 5.96 Å². The average molecular weight is 447 g/mol. The number of aliphatic imine (C=N–C) groups is 2. The Hall–Kier alpha value is -3.39. The Morgan fingerprint density at radius 3 is 2.53 bits per heavy atom. The molecule has 2 aromatic carbocycles. The molecule has 8 heteroatoms. The van der Waals surface area contributed by atoms with Gasteiger partial charge in [-0.1, -0.05) is 18.6 Å². The minimum Gasteiger partial charge on any atom is -0.497 e. The number of benzene rings is 2. The fraction of sp³-hybridized carbons (Fsp3) is 0.292. The summed E-state index contributed by atoms with van der Waals surface area (Å²) in [4.78, 5) is 16.0. The van der Waals surface area contributed by atoms with Gasteiger partial charge in [-0.25, -0.2) is 9.98 Å². The molecule has 3 aromatic rings. The Bertz CT molecular complexity index is 1180. The lowest BCUT2D eigenvalue weighted by Crippen LogP contribution is -2.58. The van der Waals surface area contributed by atoms with Crippen LogP contribution < -0.4 is 21.1 Å². The zero-order valence-electron chi connectivity index (χ0n) is 18.0. The Morgan fingerprint density at radius 1 is 1.00 bits per heavy atom. The van der Waals surface area contributed by atoms with E-state index in [4.69, 9.17) is 26.2 Å². The molecule has 1 aliphatic carbocycles. The highest BCUT2D eigenvalue weighted by Gasteiger charge is 2.42. The van der Waals surface area contributed by atoms with Gasteiger partial charge in [-0.15, -0.1) is 11.3 Å². The van der Waals surface area contributed by atoms with E-state index in [-0.39, 0.29) is 5.96 Å². The van der Waals surface area contributed by atoms with Crippen LogP contribution in [-0.2, 0) is 0 Å². The van der Waals surface area contributed by atoms with Gasteiger partial charge in [0.15, 0.2) is 0 Å². The first kappa shape index (κ1) is 20.5. The van der Waals surface area contributed by atoms with Gasteiger partial charge in [0.1, 0.15) is 16.4 Å². The number of nitrogens with zero attached hydrogens (tertiary/aromatic N) is 4. The van der Waals surface area contributed by atoms with Gasteiger partial charge in [0.2, 0.25) is 11.9 Å². The van der Waals surface area contributed by atoms with Crippen LogP contribution in [0.3, 0.4) is 0 Å². The van der Waals surface area contributed by atoms with Crippen molar-refractivity contribution in [1.29, 1.82) is 0 Å². The predicted octanol–water partition coefficient (Wildman–Crippen LogP) is 4.60. The lowest BCUT2D eigenvalue weighted by Gasteiger charge is -2.45. The summed E-state index contributed by atoms with van der Waals surface area (Å²) in [7, 11) is 1.67. The molecule has 1 fully saturated rings. The first-order valence-corrected chi connectivity index (χ1v) is 11.7. The number of aromatic nitrogens is 1. The third kappa shape index (κ3) is 3.71. The molecule has 1 saturated carbocycles. The number of methoxy groups -OCH3 is 1. The maximum Gasteiger partial charge on any atom is 0.220 e. The topological polar surface area (TPSA) is 102 Å². The molecule has 0 saturated heterocycles. The lowest BCUT2D eigenvalue weighted by molar-refractivity contribution is 0.305. The van der Waals surface area contributed by atoms with Crippen molar-refractivity contribution in [2.45, 2.75) is 37.8 Å². The van der Waals surface area contributed by atoms with Gasteiger partial charge >= 0.3 is 0 Å². The van der Waals surface area contributed by atoms with Crippen LogP contribution in [0.25, 0.3) is 21.8 Å². The molecule has 0 bridgehead atoms. The van der Waals surface area contributed by atoms with E-state index in [2.05, 4.69) is 33.5 Å². The number of ether oxygens (including phenoxy) is 1. The summed E-state index contributed by atoms with van der Waals surface area (Å²) in [5.74, 6) is 1.49. The SMILES string of the molecule is COc1ccc(-c2csc(-c3cccc(N4C(N)=NC(N)=NC45CCCCC5)c3)n2)cc1. The molecule has 32 heavy (non-hydrogen) atoms. The standard InChI is InChI=1S/C24H26N6OS/c1-31-19-10-8-16(9-11-19)20-15-32-21(27-20)17-6-5-7-18(14-17)30-23(26)28-22(25)29-24(30)12-3-2-4-13-24/h5-11,14-15H,2-4,12-13H2,1H3,(H4,25,26,28,29). The fourth-order valence-electron chi connectivity index (χ4n) is 4.57. The van der Waals surface area contributed by atoms with Gasteiger partial charge in [0, 0.05) is 22.2 Å². The number of thiazole rings is 1. The van der Waals surface area contributed by atoms with Gasteiger partial charge in [-0.2, -0.15) is 4.99 Å². The zero-order chi connectivity index (χ0) is 22.1. The number of guanidine groups is 2. The van der Waals surface area contributed by atoms with Crippen molar-refractivity contribution >= 4 is 28.9 Å². The summed E-state index contributed by atoms with van der Waals surface area (Å²) < 4.78 is 5.25. The van der Waals surface area contributed by atoms with E-state index in [1.165, 1.54) is 6.42 Å². The summed E-state index contributed by atoms with van der Waals surface area (Å²) in [6.07, 6.45) is 5.21. The molecule has 0 atom stereocenters. The number of nitrogens with two attached hydrogens (primary N) is 2. The van der Waals surface area contributed by atoms with Crippen molar-refractivity contribution in [3.8, 4) is 27.6 Å². The highest BCUT2D eigenvalue weighted by molar-refractivity contribution is 7.13. The summed E-state index contributed by atoms with van der Waals surface area (Å²) in [6.45, 7) is 0. The van der Waals surface area contributed by atoms with Crippen LogP contribution in [0.5, 0.6) is 5.75 Å². The molecule has 7 nitrogen and oxygen atoms in total. The number of hydrogen-bond donors (Lipinski definition) is 2. The van der Waals surface area contributed by atoms with Crippen LogP contribution in [0.2, 0.25) is 0 Å². The van der Waals surface area contributed by atoms with Crippen LogP contribution in [0.15, 0.2) is 63.9 Å². The molecule has 5 rings (SSSR count). The number of rotatable bonds is 4. The molecule has 4 N–H and O–H groups in total. The van der Waals surface area contributed by atoms with Crippen LogP contribution in [0.1, 0.15) is 32.1 Å². The van der Waals surface area contributed by atoms with Gasteiger partial charge in [0.25, 0.3) is 0 Å². The fourth-order valence-corrected chi connectivity index (χ4v) is 5.40.